The number of carbonyl (C=O) groups is 2. The Morgan fingerprint density at radius 3 is 2.28 bits per heavy atom. The van der Waals surface area contributed by atoms with Gasteiger partial charge in [0, 0.05) is 5.69 Å². The summed E-state index contributed by atoms with van der Waals surface area (Å²) in [5.74, 6) is -0.570. The van der Waals surface area contributed by atoms with E-state index in [1.54, 1.807) is 43.5 Å². The number of para-hydroxylation sites is 1. The normalized spacial score (nSPS) is 17.0. The molecule has 162 valence electrons. The van der Waals surface area contributed by atoms with Crippen LogP contribution in [-0.2, 0) is 9.59 Å². The fourth-order valence-electron chi connectivity index (χ4n) is 3.89. The van der Waals surface area contributed by atoms with Gasteiger partial charge in [-0.25, -0.2) is 4.39 Å². The first kappa shape index (κ1) is 21.3. The molecular formula is C26H23FN2O3. The first-order valence-electron chi connectivity index (χ1n) is 10.2. The van der Waals surface area contributed by atoms with Crippen LogP contribution in [-0.4, -0.2) is 31.5 Å². The molecule has 4 rings (SSSR count). The second-order valence-corrected chi connectivity index (χ2v) is 7.54. The van der Waals surface area contributed by atoms with E-state index in [4.69, 9.17) is 4.74 Å². The van der Waals surface area contributed by atoms with Gasteiger partial charge >= 0.3 is 0 Å². The average Bonchev–Trinajstić information content (AvgIpc) is 2.81. The van der Waals surface area contributed by atoms with Gasteiger partial charge in [0.05, 0.1) is 12.8 Å². The third-order valence-electron chi connectivity index (χ3n) is 5.44. The number of benzene rings is 3. The SMILES string of the molecule is COc1ccc(N2C(=O)CN(c3ccccc3F)C(=O)[C@H]2/C(C)=C/c2ccccc2)cc1. The predicted octanol–water partition coefficient (Wildman–Crippen LogP) is 4.69. The molecule has 1 heterocycles. The van der Waals surface area contributed by atoms with Crippen molar-refractivity contribution < 1.29 is 18.7 Å². The topological polar surface area (TPSA) is 49.9 Å². The zero-order valence-corrected chi connectivity index (χ0v) is 17.9. The highest BCUT2D eigenvalue weighted by Gasteiger charge is 2.42. The second kappa shape index (κ2) is 9.06. The number of nitrogens with zero attached hydrogens (tertiary/aromatic N) is 2. The minimum Gasteiger partial charge on any atom is -0.497 e. The predicted molar refractivity (Wildman–Crippen MR) is 123 cm³/mol. The van der Waals surface area contributed by atoms with Gasteiger partial charge in [0.2, 0.25) is 5.91 Å². The Labute approximate surface area is 186 Å². The van der Waals surface area contributed by atoms with Crippen LogP contribution < -0.4 is 14.5 Å². The molecule has 0 aliphatic carbocycles. The molecule has 0 spiro atoms. The Morgan fingerprint density at radius 2 is 1.62 bits per heavy atom. The summed E-state index contributed by atoms with van der Waals surface area (Å²) in [5, 5.41) is 0. The number of halogens is 1. The molecule has 1 atom stereocenters. The highest BCUT2D eigenvalue weighted by Crippen LogP contribution is 2.31. The molecule has 1 aliphatic rings. The molecule has 0 radical (unpaired) electrons. The molecule has 1 aliphatic heterocycles. The second-order valence-electron chi connectivity index (χ2n) is 7.54. The Morgan fingerprint density at radius 1 is 0.969 bits per heavy atom. The van der Waals surface area contributed by atoms with Crippen LogP contribution in [0.15, 0.2) is 84.4 Å². The zero-order valence-electron chi connectivity index (χ0n) is 17.9. The van der Waals surface area contributed by atoms with Crippen LogP contribution in [0.4, 0.5) is 15.8 Å². The maximum Gasteiger partial charge on any atom is 0.255 e. The van der Waals surface area contributed by atoms with Gasteiger partial charge in [-0.05, 0) is 54.5 Å². The maximum absolute atomic E-state index is 14.5. The van der Waals surface area contributed by atoms with E-state index in [0.29, 0.717) is 17.0 Å². The molecule has 5 nitrogen and oxygen atoms in total. The highest BCUT2D eigenvalue weighted by molar-refractivity contribution is 6.16. The van der Waals surface area contributed by atoms with E-state index >= 15 is 0 Å². The van der Waals surface area contributed by atoms with E-state index in [1.165, 1.54) is 21.9 Å². The number of anilines is 2. The van der Waals surface area contributed by atoms with Crippen molar-refractivity contribution in [2.75, 3.05) is 23.5 Å². The maximum atomic E-state index is 14.5. The third kappa shape index (κ3) is 4.12. The standard InChI is InChI=1S/C26H23FN2O3/c1-18(16-19-8-4-3-5-9-19)25-26(31)28(23-11-7-6-10-22(23)27)17-24(30)29(25)20-12-14-21(32-2)15-13-20/h3-16,25H,17H2,1-2H3/b18-16+/t25-/m1/s1. The third-order valence-corrected chi connectivity index (χ3v) is 5.44. The number of hydrogen-bond donors (Lipinski definition) is 0. The van der Waals surface area contributed by atoms with Crippen molar-refractivity contribution in [3.8, 4) is 5.75 Å². The summed E-state index contributed by atoms with van der Waals surface area (Å²) in [6.45, 7) is 1.56. The van der Waals surface area contributed by atoms with Gasteiger partial charge in [0.25, 0.3) is 5.91 Å². The molecule has 6 heteroatoms. The van der Waals surface area contributed by atoms with E-state index in [0.717, 1.165) is 5.56 Å². The van der Waals surface area contributed by atoms with Crippen molar-refractivity contribution in [3.05, 3.63) is 95.8 Å². The summed E-state index contributed by atoms with van der Waals surface area (Å²) >= 11 is 0. The number of methoxy groups -OCH3 is 1. The molecular weight excluding hydrogens is 407 g/mol. The molecule has 1 saturated heterocycles. The molecule has 0 saturated carbocycles. The van der Waals surface area contributed by atoms with E-state index in [-0.39, 0.29) is 24.0 Å². The first-order chi connectivity index (χ1) is 15.5. The zero-order chi connectivity index (χ0) is 22.7. The van der Waals surface area contributed by atoms with Gasteiger partial charge in [-0.2, -0.15) is 0 Å². The van der Waals surface area contributed by atoms with E-state index < -0.39 is 11.9 Å². The lowest BCUT2D eigenvalue weighted by molar-refractivity contribution is -0.127. The number of ether oxygens (including phenoxy) is 1. The van der Waals surface area contributed by atoms with Gasteiger partial charge in [0.15, 0.2) is 0 Å². The van der Waals surface area contributed by atoms with Crippen LogP contribution in [0, 0.1) is 5.82 Å². The minimum atomic E-state index is -0.913. The molecule has 1 fully saturated rings. The van der Waals surface area contributed by atoms with Crippen molar-refractivity contribution in [1.82, 2.24) is 0 Å². The average molecular weight is 430 g/mol. The van der Waals surface area contributed by atoms with Crippen molar-refractivity contribution in [2.24, 2.45) is 0 Å². The summed E-state index contributed by atoms with van der Waals surface area (Å²) in [7, 11) is 1.56. The largest absolute Gasteiger partial charge is 0.497 e. The van der Waals surface area contributed by atoms with Gasteiger partial charge in [0.1, 0.15) is 24.2 Å². The lowest BCUT2D eigenvalue weighted by Crippen LogP contribution is -2.61. The summed E-state index contributed by atoms with van der Waals surface area (Å²) in [6, 6.07) is 21.6. The number of piperazine rings is 1. The van der Waals surface area contributed by atoms with Gasteiger partial charge < -0.3 is 4.74 Å². The van der Waals surface area contributed by atoms with E-state index in [2.05, 4.69) is 0 Å². The summed E-state index contributed by atoms with van der Waals surface area (Å²) in [4.78, 5) is 29.7. The smallest absolute Gasteiger partial charge is 0.255 e. The lowest BCUT2D eigenvalue weighted by atomic mass is 9.98. The molecule has 3 aromatic carbocycles. The molecule has 0 unspecified atom stereocenters. The van der Waals surface area contributed by atoms with Crippen molar-refractivity contribution in [1.29, 1.82) is 0 Å². The summed E-state index contributed by atoms with van der Waals surface area (Å²) in [5.41, 5.74) is 2.25. The Kier molecular flexibility index (Phi) is 6.03. The summed E-state index contributed by atoms with van der Waals surface area (Å²) in [6.07, 6.45) is 1.87. The monoisotopic (exact) mass is 430 g/mol. The molecule has 0 aromatic heterocycles. The Bertz CT molecular complexity index is 1160. The number of carbonyl (C=O) groups excluding carboxylic acids is 2. The van der Waals surface area contributed by atoms with Gasteiger partial charge in [-0.3, -0.25) is 19.4 Å². The van der Waals surface area contributed by atoms with Crippen molar-refractivity contribution >= 4 is 29.3 Å². The molecule has 32 heavy (non-hydrogen) atoms. The minimum absolute atomic E-state index is 0.0951. The summed E-state index contributed by atoms with van der Waals surface area (Å²) < 4.78 is 19.7. The van der Waals surface area contributed by atoms with Crippen molar-refractivity contribution in [2.45, 2.75) is 13.0 Å². The van der Waals surface area contributed by atoms with Crippen LogP contribution in [0.5, 0.6) is 5.75 Å². The van der Waals surface area contributed by atoms with E-state index in [1.807, 2.05) is 43.3 Å². The lowest BCUT2D eigenvalue weighted by Gasteiger charge is -2.40. The Hall–Kier alpha value is -3.93. The van der Waals surface area contributed by atoms with Crippen LogP contribution in [0.2, 0.25) is 0 Å². The van der Waals surface area contributed by atoms with Crippen LogP contribution >= 0.6 is 0 Å². The number of amides is 2. The van der Waals surface area contributed by atoms with Crippen LogP contribution in [0.25, 0.3) is 6.08 Å². The van der Waals surface area contributed by atoms with Gasteiger partial charge in [-0.15, -0.1) is 0 Å². The first-order valence-corrected chi connectivity index (χ1v) is 10.2. The molecule has 0 N–H and O–H groups in total. The van der Waals surface area contributed by atoms with E-state index in [9.17, 15) is 14.0 Å². The van der Waals surface area contributed by atoms with Crippen LogP contribution in [0.3, 0.4) is 0 Å². The quantitative estimate of drug-likeness (QED) is 0.590. The fourth-order valence-corrected chi connectivity index (χ4v) is 3.89. The molecule has 0 bridgehead atoms. The number of hydrogen-bond acceptors (Lipinski definition) is 3. The van der Waals surface area contributed by atoms with Crippen molar-refractivity contribution in [3.63, 3.8) is 0 Å². The number of rotatable bonds is 5. The molecule has 2 amide bonds. The van der Waals surface area contributed by atoms with Crippen LogP contribution in [0.1, 0.15) is 12.5 Å². The molecule has 3 aromatic rings. The fraction of sp³-hybridized carbons (Fsp3) is 0.154. The van der Waals surface area contributed by atoms with Gasteiger partial charge in [-0.1, -0.05) is 48.5 Å². The highest BCUT2D eigenvalue weighted by atomic mass is 19.1. The Balaban J connectivity index is 1.80.